The van der Waals surface area contributed by atoms with Gasteiger partial charge in [0.1, 0.15) is 0 Å². The maximum absolute atomic E-state index is 12.4. The first-order valence-electron chi connectivity index (χ1n) is 7.18. The van der Waals surface area contributed by atoms with Gasteiger partial charge in [0.15, 0.2) is 0 Å². The Morgan fingerprint density at radius 1 is 1.26 bits per heavy atom. The third-order valence-corrected chi connectivity index (χ3v) is 4.66. The summed E-state index contributed by atoms with van der Waals surface area (Å²) in [5.41, 5.74) is -0.762. The van der Waals surface area contributed by atoms with Crippen LogP contribution in [0.2, 0.25) is 0 Å². The van der Waals surface area contributed by atoms with Crippen molar-refractivity contribution >= 4 is 11.9 Å². The summed E-state index contributed by atoms with van der Waals surface area (Å²) in [5.74, 6) is -0.571. The molecule has 0 bridgehead atoms. The smallest absolute Gasteiger partial charge is 0.309 e. The van der Waals surface area contributed by atoms with E-state index < -0.39 is 11.4 Å². The molecule has 0 saturated carbocycles. The van der Waals surface area contributed by atoms with Gasteiger partial charge in [0.05, 0.1) is 11.5 Å². The van der Waals surface area contributed by atoms with Crippen molar-refractivity contribution in [3.63, 3.8) is 0 Å². The lowest BCUT2D eigenvalue weighted by Gasteiger charge is -2.40. The fourth-order valence-electron chi connectivity index (χ4n) is 3.06. The summed E-state index contributed by atoms with van der Waals surface area (Å²) in [6, 6.07) is -0.0494. The zero-order valence-electron chi connectivity index (χ0n) is 11.8. The number of carboxylic acid groups (broad SMARTS) is 1. The monoisotopic (exact) mass is 268 g/mol. The minimum Gasteiger partial charge on any atom is -0.481 e. The number of nitrogens with zero attached hydrogens (tertiary/aromatic N) is 1. The van der Waals surface area contributed by atoms with Crippen molar-refractivity contribution in [3.8, 4) is 0 Å². The Morgan fingerprint density at radius 3 is 2.58 bits per heavy atom. The Hall–Kier alpha value is -1.10. The van der Waals surface area contributed by atoms with E-state index in [0.29, 0.717) is 6.54 Å². The molecule has 19 heavy (non-hydrogen) atoms. The molecule has 0 aromatic rings. The van der Waals surface area contributed by atoms with Gasteiger partial charge < -0.3 is 15.3 Å². The quantitative estimate of drug-likeness (QED) is 0.804. The lowest BCUT2D eigenvalue weighted by Crippen LogP contribution is -2.51. The van der Waals surface area contributed by atoms with E-state index in [2.05, 4.69) is 5.32 Å². The van der Waals surface area contributed by atoms with Gasteiger partial charge in [-0.05, 0) is 52.0 Å². The molecule has 2 aliphatic heterocycles. The molecule has 1 amide bonds. The predicted octanol–water partition coefficient (Wildman–Crippen LogP) is 1.09. The van der Waals surface area contributed by atoms with Gasteiger partial charge in [0.2, 0.25) is 5.91 Å². The van der Waals surface area contributed by atoms with Crippen molar-refractivity contribution in [3.05, 3.63) is 0 Å². The van der Waals surface area contributed by atoms with Crippen LogP contribution in [0.15, 0.2) is 0 Å². The molecule has 0 aromatic carbocycles. The molecule has 2 fully saturated rings. The lowest BCUT2D eigenvalue weighted by molar-refractivity contribution is -0.153. The zero-order chi connectivity index (χ0) is 14.0. The highest BCUT2D eigenvalue weighted by Crippen LogP contribution is 2.34. The average molecular weight is 268 g/mol. The van der Waals surface area contributed by atoms with Crippen LogP contribution in [0.4, 0.5) is 0 Å². The number of nitrogens with one attached hydrogen (secondary N) is 1. The summed E-state index contributed by atoms with van der Waals surface area (Å²) < 4.78 is 0. The molecule has 5 heteroatoms. The summed E-state index contributed by atoms with van der Waals surface area (Å²) >= 11 is 0. The summed E-state index contributed by atoms with van der Waals surface area (Å²) in [5, 5.41) is 12.5. The van der Waals surface area contributed by atoms with Gasteiger partial charge in [-0.25, -0.2) is 0 Å². The number of hydrogen-bond donors (Lipinski definition) is 2. The predicted molar refractivity (Wildman–Crippen MR) is 71.7 cm³/mol. The SMILES string of the molecule is CC(C)(C(=O)O)C1CCCN(C(=O)[C@H]2CCCN2)C1. The number of aliphatic carboxylic acids is 1. The molecular formula is C14H24N2O3. The fraction of sp³-hybridized carbons (Fsp3) is 0.857. The molecule has 2 atom stereocenters. The Kier molecular flexibility index (Phi) is 4.13. The van der Waals surface area contributed by atoms with Crippen molar-refractivity contribution in [2.45, 2.75) is 45.6 Å². The first kappa shape index (κ1) is 14.3. The van der Waals surface area contributed by atoms with Gasteiger partial charge in [-0.1, -0.05) is 0 Å². The molecule has 2 aliphatic rings. The second-order valence-corrected chi connectivity index (χ2v) is 6.30. The van der Waals surface area contributed by atoms with Crippen LogP contribution < -0.4 is 5.32 Å². The van der Waals surface area contributed by atoms with Crippen molar-refractivity contribution < 1.29 is 14.7 Å². The Balaban J connectivity index is 2.00. The van der Waals surface area contributed by atoms with Crippen LogP contribution in [0.1, 0.15) is 39.5 Å². The van der Waals surface area contributed by atoms with E-state index in [-0.39, 0.29) is 17.9 Å². The molecular weight excluding hydrogens is 244 g/mol. The van der Waals surface area contributed by atoms with E-state index in [1.165, 1.54) is 0 Å². The van der Waals surface area contributed by atoms with E-state index in [0.717, 1.165) is 38.8 Å². The van der Waals surface area contributed by atoms with Crippen LogP contribution in [0.25, 0.3) is 0 Å². The summed E-state index contributed by atoms with van der Waals surface area (Å²) in [4.78, 5) is 25.6. The number of likely N-dealkylation sites (tertiary alicyclic amines) is 1. The highest BCUT2D eigenvalue weighted by molar-refractivity contribution is 5.82. The Labute approximate surface area is 114 Å². The molecule has 0 spiro atoms. The topological polar surface area (TPSA) is 69.6 Å². The maximum atomic E-state index is 12.4. The number of carboxylic acids is 1. The van der Waals surface area contributed by atoms with Crippen LogP contribution >= 0.6 is 0 Å². The minimum absolute atomic E-state index is 0.0455. The number of hydrogen-bond acceptors (Lipinski definition) is 3. The standard InChI is InChI=1S/C14H24N2O3/c1-14(2,13(18)19)10-5-4-8-16(9-10)12(17)11-6-3-7-15-11/h10-11,15H,3-9H2,1-2H3,(H,18,19)/t10?,11-/m1/s1. The molecule has 2 N–H and O–H groups in total. The summed E-state index contributed by atoms with van der Waals surface area (Å²) in [6.45, 7) is 5.79. The van der Waals surface area contributed by atoms with Crippen molar-refractivity contribution in [2.24, 2.45) is 11.3 Å². The molecule has 1 unspecified atom stereocenters. The normalized spacial score (nSPS) is 28.4. The largest absolute Gasteiger partial charge is 0.481 e. The number of carbonyl (C=O) groups is 2. The van der Waals surface area contributed by atoms with Gasteiger partial charge in [-0.3, -0.25) is 9.59 Å². The first-order valence-corrected chi connectivity index (χ1v) is 7.18. The lowest BCUT2D eigenvalue weighted by atomic mass is 9.74. The highest BCUT2D eigenvalue weighted by atomic mass is 16.4. The zero-order valence-corrected chi connectivity index (χ0v) is 11.8. The van der Waals surface area contributed by atoms with Gasteiger partial charge in [0, 0.05) is 13.1 Å². The molecule has 108 valence electrons. The summed E-state index contributed by atoms with van der Waals surface area (Å²) in [7, 11) is 0. The van der Waals surface area contributed by atoms with Crippen molar-refractivity contribution in [2.75, 3.05) is 19.6 Å². The van der Waals surface area contributed by atoms with Crippen LogP contribution in [0.5, 0.6) is 0 Å². The number of carbonyl (C=O) groups excluding carboxylic acids is 1. The van der Waals surface area contributed by atoms with Crippen LogP contribution in [0.3, 0.4) is 0 Å². The van der Waals surface area contributed by atoms with E-state index in [1.54, 1.807) is 13.8 Å². The third-order valence-electron chi connectivity index (χ3n) is 4.66. The molecule has 2 rings (SSSR count). The first-order chi connectivity index (χ1) is 8.93. The number of amides is 1. The van der Waals surface area contributed by atoms with Crippen LogP contribution in [0, 0.1) is 11.3 Å². The number of rotatable bonds is 3. The van der Waals surface area contributed by atoms with Crippen molar-refractivity contribution in [1.82, 2.24) is 10.2 Å². The van der Waals surface area contributed by atoms with Crippen molar-refractivity contribution in [1.29, 1.82) is 0 Å². The van der Waals surface area contributed by atoms with Crippen LogP contribution in [-0.2, 0) is 9.59 Å². The van der Waals surface area contributed by atoms with E-state index in [4.69, 9.17) is 0 Å². The average Bonchev–Trinajstić information content (AvgIpc) is 2.91. The molecule has 0 aromatic heterocycles. The Bertz CT molecular complexity index is 362. The van der Waals surface area contributed by atoms with E-state index in [1.807, 2.05) is 4.90 Å². The summed E-state index contributed by atoms with van der Waals surface area (Å²) in [6.07, 6.45) is 3.75. The fourth-order valence-corrected chi connectivity index (χ4v) is 3.06. The third kappa shape index (κ3) is 2.91. The molecule has 5 nitrogen and oxygen atoms in total. The maximum Gasteiger partial charge on any atom is 0.309 e. The molecule has 2 heterocycles. The minimum atomic E-state index is -0.772. The highest BCUT2D eigenvalue weighted by Gasteiger charge is 2.41. The molecule has 2 saturated heterocycles. The second kappa shape index (κ2) is 5.49. The van der Waals surface area contributed by atoms with Gasteiger partial charge in [-0.2, -0.15) is 0 Å². The van der Waals surface area contributed by atoms with Gasteiger partial charge >= 0.3 is 5.97 Å². The van der Waals surface area contributed by atoms with Gasteiger partial charge in [-0.15, -0.1) is 0 Å². The molecule has 0 radical (unpaired) electrons. The second-order valence-electron chi connectivity index (χ2n) is 6.30. The number of piperidine rings is 1. The Morgan fingerprint density at radius 2 is 2.00 bits per heavy atom. The van der Waals surface area contributed by atoms with E-state index >= 15 is 0 Å². The van der Waals surface area contributed by atoms with E-state index in [9.17, 15) is 14.7 Å². The van der Waals surface area contributed by atoms with Crippen LogP contribution in [-0.4, -0.2) is 47.6 Å². The van der Waals surface area contributed by atoms with Gasteiger partial charge in [0.25, 0.3) is 0 Å². The molecule has 0 aliphatic carbocycles.